The molecule has 0 N–H and O–H groups in total. The van der Waals surface area contributed by atoms with Crippen molar-refractivity contribution >= 4 is 11.8 Å². The van der Waals surface area contributed by atoms with Crippen LogP contribution in [0.4, 0.5) is 0 Å². The van der Waals surface area contributed by atoms with Gasteiger partial charge in [0.25, 0.3) is 5.91 Å². The van der Waals surface area contributed by atoms with Crippen LogP contribution in [0.1, 0.15) is 27.2 Å². The van der Waals surface area contributed by atoms with Gasteiger partial charge in [0.05, 0.1) is 13.2 Å². The van der Waals surface area contributed by atoms with E-state index in [1.807, 2.05) is 61.7 Å². The van der Waals surface area contributed by atoms with Crippen LogP contribution in [0.25, 0.3) is 0 Å². The average molecular weight is 460 g/mol. The monoisotopic (exact) mass is 459 g/mol. The first-order valence-corrected chi connectivity index (χ1v) is 11.4. The summed E-state index contributed by atoms with van der Waals surface area (Å²) in [5, 5.41) is 0. The molecule has 3 aromatic rings. The molecule has 6 heteroatoms. The van der Waals surface area contributed by atoms with Crippen molar-refractivity contribution in [2.45, 2.75) is 20.0 Å². The molecular weight excluding hydrogens is 426 g/mol. The van der Waals surface area contributed by atoms with Gasteiger partial charge in [-0.2, -0.15) is 0 Å². The zero-order chi connectivity index (χ0) is 24.3. The van der Waals surface area contributed by atoms with Crippen molar-refractivity contribution in [1.82, 2.24) is 14.4 Å². The van der Waals surface area contributed by atoms with E-state index in [2.05, 4.69) is 23.3 Å². The molecule has 0 aliphatic rings. The smallest absolute Gasteiger partial charge is 0.254 e. The van der Waals surface area contributed by atoms with Crippen LogP contribution in [-0.2, 0) is 22.6 Å². The Morgan fingerprint density at radius 1 is 1.03 bits per heavy atom. The number of ether oxygens (including phenoxy) is 1. The largest absolute Gasteiger partial charge is 0.383 e. The summed E-state index contributed by atoms with van der Waals surface area (Å²) in [5.74, 6) is -0.316. The number of benzene rings is 2. The Morgan fingerprint density at radius 3 is 2.53 bits per heavy atom. The number of aromatic nitrogens is 1. The Kier molecular flexibility index (Phi) is 9.23. The number of rotatable bonds is 12. The van der Waals surface area contributed by atoms with Gasteiger partial charge in [0.15, 0.2) is 0 Å². The summed E-state index contributed by atoms with van der Waals surface area (Å²) in [7, 11) is 1.62. The van der Waals surface area contributed by atoms with Gasteiger partial charge >= 0.3 is 0 Å². The maximum absolute atomic E-state index is 13.4. The van der Waals surface area contributed by atoms with Gasteiger partial charge in [-0.15, -0.1) is 6.58 Å². The molecular formula is C28H33N3O3. The fraction of sp³-hybridized carbons (Fsp3) is 0.286. The van der Waals surface area contributed by atoms with Gasteiger partial charge in [-0.25, -0.2) is 0 Å². The number of amides is 2. The second-order valence-electron chi connectivity index (χ2n) is 8.26. The second-order valence-corrected chi connectivity index (χ2v) is 8.26. The van der Waals surface area contributed by atoms with E-state index in [0.717, 1.165) is 17.8 Å². The Labute approximate surface area is 202 Å². The van der Waals surface area contributed by atoms with Crippen LogP contribution in [0.2, 0.25) is 0 Å². The fourth-order valence-electron chi connectivity index (χ4n) is 3.82. The number of carbonyl (C=O) groups excluding carboxylic acids is 2. The normalized spacial score (nSPS) is 10.6. The highest BCUT2D eigenvalue weighted by molar-refractivity contribution is 5.96. The molecule has 0 saturated carbocycles. The summed E-state index contributed by atoms with van der Waals surface area (Å²) < 4.78 is 7.39. The van der Waals surface area contributed by atoms with Gasteiger partial charge in [-0.1, -0.05) is 54.1 Å². The fourth-order valence-corrected chi connectivity index (χ4v) is 3.82. The molecule has 0 fully saturated rings. The Hall–Kier alpha value is -3.64. The molecule has 1 aromatic heterocycles. The lowest BCUT2D eigenvalue weighted by atomic mass is 10.1. The van der Waals surface area contributed by atoms with Gasteiger partial charge in [0.1, 0.15) is 6.54 Å². The summed E-state index contributed by atoms with van der Waals surface area (Å²) in [6.07, 6.45) is 3.66. The zero-order valence-corrected chi connectivity index (χ0v) is 20.0. The van der Waals surface area contributed by atoms with E-state index in [4.69, 9.17) is 4.74 Å². The third-order valence-corrected chi connectivity index (χ3v) is 5.62. The van der Waals surface area contributed by atoms with E-state index in [1.165, 1.54) is 10.5 Å². The van der Waals surface area contributed by atoms with E-state index in [0.29, 0.717) is 31.8 Å². The molecule has 0 aliphatic heterocycles. The van der Waals surface area contributed by atoms with E-state index >= 15 is 0 Å². The molecule has 0 unspecified atom stereocenters. The maximum Gasteiger partial charge on any atom is 0.254 e. The quantitative estimate of drug-likeness (QED) is 0.383. The highest BCUT2D eigenvalue weighted by Gasteiger charge is 2.22. The van der Waals surface area contributed by atoms with Crippen LogP contribution in [0.3, 0.4) is 0 Å². The number of methoxy groups -OCH3 is 1. The molecule has 2 amide bonds. The van der Waals surface area contributed by atoms with Gasteiger partial charge in [0.2, 0.25) is 5.91 Å². The first-order valence-electron chi connectivity index (χ1n) is 11.4. The molecule has 0 radical (unpaired) electrons. The molecule has 34 heavy (non-hydrogen) atoms. The first-order chi connectivity index (χ1) is 16.5. The van der Waals surface area contributed by atoms with Crippen molar-refractivity contribution < 1.29 is 14.3 Å². The summed E-state index contributed by atoms with van der Waals surface area (Å²) in [6.45, 7) is 7.99. The summed E-state index contributed by atoms with van der Waals surface area (Å²) in [5.41, 5.74) is 3.77. The van der Waals surface area contributed by atoms with Gasteiger partial charge in [0, 0.05) is 44.2 Å². The Balaban J connectivity index is 1.75. The molecule has 0 atom stereocenters. The minimum absolute atomic E-state index is 0.0259. The molecule has 1 heterocycles. The highest BCUT2D eigenvalue weighted by atomic mass is 16.5. The van der Waals surface area contributed by atoms with Crippen molar-refractivity contribution in [3.63, 3.8) is 0 Å². The van der Waals surface area contributed by atoms with Crippen LogP contribution in [0.5, 0.6) is 0 Å². The standard InChI is InChI=1S/C28H33N3O3/c1-4-15-31(28(33)25-13-8-10-23(2)19-25)22-27(32)30(17-18-34-3)21-26-14-9-16-29(26)20-24-11-6-5-7-12-24/h4-14,16,19H,1,15,17-18,20-22H2,2-3H3. The minimum Gasteiger partial charge on any atom is -0.383 e. The van der Waals surface area contributed by atoms with Crippen molar-refractivity contribution in [1.29, 1.82) is 0 Å². The summed E-state index contributed by atoms with van der Waals surface area (Å²) >= 11 is 0. The highest BCUT2D eigenvalue weighted by Crippen LogP contribution is 2.13. The number of carbonyl (C=O) groups is 2. The summed E-state index contributed by atoms with van der Waals surface area (Å²) in [6, 6.07) is 21.6. The molecule has 178 valence electrons. The van der Waals surface area contributed by atoms with Crippen LogP contribution in [0.15, 0.2) is 85.6 Å². The molecule has 0 aliphatic carbocycles. The van der Waals surface area contributed by atoms with Gasteiger partial charge < -0.3 is 19.1 Å². The van der Waals surface area contributed by atoms with Crippen molar-refractivity contribution in [2.75, 3.05) is 33.4 Å². The SMILES string of the molecule is C=CCN(CC(=O)N(CCOC)Cc1cccn1Cc1ccccc1)C(=O)c1cccc(C)c1. The Morgan fingerprint density at radius 2 is 1.82 bits per heavy atom. The third kappa shape index (κ3) is 6.93. The predicted octanol–water partition coefficient (Wildman–Crippen LogP) is 4.15. The van der Waals surface area contributed by atoms with Gasteiger partial charge in [-0.05, 0) is 36.8 Å². The zero-order valence-electron chi connectivity index (χ0n) is 20.0. The Bertz CT molecular complexity index is 1090. The lowest BCUT2D eigenvalue weighted by molar-refractivity contribution is -0.133. The van der Waals surface area contributed by atoms with E-state index in [9.17, 15) is 9.59 Å². The van der Waals surface area contributed by atoms with Crippen LogP contribution in [-0.4, -0.2) is 59.5 Å². The molecule has 2 aromatic carbocycles. The second kappa shape index (κ2) is 12.6. The maximum atomic E-state index is 13.4. The molecule has 6 nitrogen and oxygen atoms in total. The third-order valence-electron chi connectivity index (χ3n) is 5.62. The number of hydrogen-bond donors (Lipinski definition) is 0. The topological polar surface area (TPSA) is 54.8 Å². The minimum atomic E-state index is -0.184. The predicted molar refractivity (Wildman–Crippen MR) is 135 cm³/mol. The van der Waals surface area contributed by atoms with E-state index in [1.54, 1.807) is 24.2 Å². The van der Waals surface area contributed by atoms with Crippen LogP contribution in [0, 0.1) is 6.92 Å². The van der Waals surface area contributed by atoms with Crippen molar-refractivity contribution in [2.24, 2.45) is 0 Å². The van der Waals surface area contributed by atoms with Crippen LogP contribution >= 0.6 is 0 Å². The van der Waals surface area contributed by atoms with E-state index in [-0.39, 0.29) is 18.4 Å². The molecule has 0 spiro atoms. The van der Waals surface area contributed by atoms with Crippen LogP contribution < -0.4 is 0 Å². The molecule has 0 saturated heterocycles. The molecule has 3 rings (SSSR count). The summed E-state index contributed by atoms with van der Waals surface area (Å²) in [4.78, 5) is 29.8. The lowest BCUT2D eigenvalue weighted by Crippen LogP contribution is -2.44. The first kappa shape index (κ1) is 25.0. The van der Waals surface area contributed by atoms with Crippen molar-refractivity contribution in [3.8, 4) is 0 Å². The van der Waals surface area contributed by atoms with Crippen molar-refractivity contribution in [3.05, 3.63) is 108 Å². The number of hydrogen-bond acceptors (Lipinski definition) is 3. The number of nitrogens with zero attached hydrogens (tertiary/aromatic N) is 3. The lowest BCUT2D eigenvalue weighted by Gasteiger charge is -2.27. The molecule has 0 bridgehead atoms. The average Bonchev–Trinajstić information content (AvgIpc) is 3.27. The van der Waals surface area contributed by atoms with E-state index < -0.39 is 0 Å². The number of aryl methyl sites for hydroxylation is 1. The van der Waals surface area contributed by atoms with Gasteiger partial charge in [-0.3, -0.25) is 9.59 Å².